The summed E-state index contributed by atoms with van der Waals surface area (Å²) in [6.45, 7) is 0. The summed E-state index contributed by atoms with van der Waals surface area (Å²) in [5.74, 6) is -0.787. The number of benzene rings is 2. The lowest BCUT2D eigenvalue weighted by molar-refractivity contribution is -0.127. The molecule has 2 amide bonds. The van der Waals surface area contributed by atoms with Crippen LogP contribution in [0.5, 0.6) is 5.75 Å². The Morgan fingerprint density at radius 2 is 1.79 bits per heavy atom. The van der Waals surface area contributed by atoms with E-state index in [1.54, 1.807) is 42.5 Å². The van der Waals surface area contributed by atoms with Crippen LogP contribution in [0.3, 0.4) is 0 Å². The van der Waals surface area contributed by atoms with Crippen LogP contribution in [0.1, 0.15) is 48.6 Å². The van der Waals surface area contributed by atoms with Crippen molar-refractivity contribution in [3.63, 3.8) is 0 Å². The highest BCUT2D eigenvalue weighted by atomic mass is 32.1. The molecule has 1 atom stereocenters. The molecule has 1 heterocycles. The Labute approximate surface area is 203 Å². The number of rotatable bonds is 8. The zero-order valence-electron chi connectivity index (χ0n) is 19.2. The number of halogens is 1. The molecule has 0 spiro atoms. The second-order valence-electron chi connectivity index (χ2n) is 8.46. The van der Waals surface area contributed by atoms with E-state index >= 15 is 4.39 Å². The minimum Gasteiger partial charge on any atom is -0.495 e. The highest BCUT2D eigenvalue weighted by Crippen LogP contribution is 2.36. The molecular weight excluding hydrogens is 451 g/mol. The van der Waals surface area contributed by atoms with Gasteiger partial charge in [0.05, 0.1) is 19.2 Å². The Bertz CT molecular complexity index is 1110. The van der Waals surface area contributed by atoms with Crippen LogP contribution in [-0.4, -0.2) is 25.0 Å². The molecule has 1 aliphatic carbocycles. The van der Waals surface area contributed by atoms with E-state index in [1.807, 2.05) is 17.5 Å². The molecule has 5 nitrogen and oxygen atoms in total. The van der Waals surface area contributed by atoms with Crippen LogP contribution in [0, 0.1) is 5.82 Å². The third-order valence-corrected chi connectivity index (χ3v) is 7.05. The number of methoxy groups -OCH3 is 1. The molecule has 1 fully saturated rings. The first kappa shape index (κ1) is 24.0. The van der Waals surface area contributed by atoms with E-state index in [-0.39, 0.29) is 29.8 Å². The van der Waals surface area contributed by atoms with Gasteiger partial charge in [0, 0.05) is 16.5 Å². The summed E-state index contributed by atoms with van der Waals surface area (Å²) < 4.78 is 20.7. The third-order valence-electron chi connectivity index (χ3n) is 6.18. The molecule has 0 bridgehead atoms. The van der Waals surface area contributed by atoms with Gasteiger partial charge in [-0.25, -0.2) is 4.39 Å². The second-order valence-corrected chi connectivity index (χ2v) is 9.49. The lowest BCUT2D eigenvalue weighted by Gasteiger charge is -2.34. The predicted molar refractivity (Wildman–Crippen MR) is 133 cm³/mol. The van der Waals surface area contributed by atoms with Crippen molar-refractivity contribution < 1.29 is 18.7 Å². The van der Waals surface area contributed by atoms with E-state index in [2.05, 4.69) is 5.32 Å². The average Bonchev–Trinajstić information content (AvgIpc) is 3.36. The summed E-state index contributed by atoms with van der Waals surface area (Å²) in [4.78, 5) is 29.8. The summed E-state index contributed by atoms with van der Waals surface area (Å²) in [5.41, 5.74) is 0.583. The van der Waals surface area contributed by atoms with Gasteiger partial charge in [0.1, 0.15) is 17.6 Å². The Morgan fingerprint density at radius 1 is 1.06 bits per heavy atom. The first-order valence-corrected chi connectivity index (χ1v) is 12.5. The van der Waals surface area contributed by atoms with Crippen LogP contribution < -0.4 is 15.0 Å². The molecule has 178 valence electrons. The Morgan fingerprint density at radius 3 is 2.50 bits per heavy atom. The van der Waals surface area contributed by atoms with Gasteiger partial charge in [0.25, 0.3) is 0 Å². The summed E-state index contributed by atoms with van der Waals surface area (Å²) in [5, 5.41) is 5.01. The zero-order chi connectivity index (χ0) is 23.9. The van der Waals surface area contributed by atoms with E-state index in [4.69, 9.17) is 4.74 Å². The van der Waals surface area contributed by atoms with Crippen molar-refractivity contribution in [3.8, 4) is 5.75 Å². The lowest BCUT2D eigenvalue weighted by atomic mass is 9.94. The Balaban J connectivity index is 1.80. The van der Waals surface area contributed by atoms with Crippen molar-refractivity contribution in [2.24, 2.45) is 0 Å². The highest BCUT2D eigenvalue weighted by molar-refractivity contribution is 7.10. The van der Waals surface area contributed by atoms with Crippen LogP contribution in [0.15, 0.2) is 66.0 Å². The molecule has 0 radical (unpaired) electrons. The summed E-state index contributed by atoms with van der Waals surface area (Å²) >= 11 is 1.47. The quantitative estimate of drug-likeness (QED) is 0.453. The smallest absolute Gasteiger partial charge is 0.248 e. The fourth-order valence-electron chi connectivity index (χ4n) is 4.52. The third kappa shape index (κ3) is 5.47. The number of anilines is 1. The van der Waals surface area contributed by atoms with E-state index in [9.17, 15) is 9.59 Å². The van der Waals surface area contributed by atoms with Crippen molar-refractivity contribution in [3.05, 3.63) is 82.3 Å². The molecule has 1 aromatic heterocycles. The van der Waals surface area contributed by atoms with Gasteiger partial charge in [0.15, 0.2) is 0 Å². The SMILES string of the molecule is COc1ccccc1N(C(=O)Cc1cccs1)[C@H](C(=O)NC1CCCCC1)c1ccccc1F. The highest BCUT2D eigenvalue weighted by Gasteiger charge is 2.36. The van der Waals surface area contributed by atoms with Crippen molar-refractivity contribution in [1.82, 2.24) is 5.32 Å². The topological polar surface area (TPSA) is 58.6 Å². The maximum Gasteiger partial charge on any atom is 0.248 e. The van der Waals surface area contributed by atoms with Gasteiger partial charge in [-0.3, -0.25) is 14.5 Å². The number of carbonyl (C=O) groups is 2. The van der Waals surface area contributed by atoms with Gasteiger partial charge in [-0.15, -0.1) is 11.3 Å². The van der Waals surface area contributed by atoms with E-state index < -0.39 is 11.9 Å². The molecule has 0 saturated heterocycles. The van der Waals surface area contributed by atoms with Gasteiger partial charge in [0.2, 0.25) is 11.8 Å². The van der Waals surface area contributed by atoms with Gasteiger partial charge in [-0.05, 0) is 42.5 Å². The van der Waals surface area contributed by atoms with Crippen molar-refractivity contribution >= 4 is 28.8 Å². The van der Waals surface area contributed by atoms with E-state index in [0.29, 0.717) is 11.4 Å². The Hall–Kier alpha value is -3.19. The first-order valence-electron chi connectivity index (χ1n) is 11.6. The van der Waals surface area contributed by atoms with Crippen molar-refractivity contribution in [2.45, 2.75) is 50.6 Å². The fraction of sp³-hybridized carbons (Fsp3) is 0.333. The van der Waals surface area contributed by atoms with Gasteiger partial charge in [-0.1, -0.05) is 55.7 Å². The zero-order valence-corrected chi connectivity index (χ0v) is 20.0. The Kier molecular flexibility index (Phi) is 7.95. The van der Waals surface area contributed by atoms with Crippen LogP contribution in [-0.2, 0) is 16.0 Å². The number of nitrogens with zero attached hydrogens (tertiary/aromatic N) is 1. The number of ether oxygens (including phenoxy) is 1. The van der Waals surface area contributed by atoms with Crippen LogP contribution in [0.2, 0.25) is 0 Å². The van der Waals surface area contributed by atoms with Crippen molar-refractivity contribution in [1.29, 1.82) is 0 Å². The van der Waals surface area contributed by atoms with E-state index in [1.165, 1.54) is 29.4 Å². The second kappa shape index (κ2) is 11.3. The summed E-state index contributed by atoms with van der Waals surface area (Å²) in [7, 11) is 1.51. The molecule has 0 unspecified atom stereocenters. The maximum absolute atomic E-state index is 15.1. The number of carbonyl (C=O) groups excluding carboxylic acids is 2. The lowest BCUT2D eigenvalue weighted by Crippen LogP contribution is -2.48. The minimum atomic E-state index is -1.17. The molecule has 4 rings (SSSR count). The van der Waals surface area contributed by atoms with Gasteiger partial charge < -0.3 is 10.1 Å². The standard InChI is InChI=1S/C27H29FN2O3S/c1-33-24-16-8-7-15-23(24)30(25(31)18-20-12-9-17-34-20)26(21-13-5-6-14-22(21)28)27(32)29-19-10-3-2-4-11-19/h5-9,12-17,19,26H,2-4,10-11,18H2,1H3,(H,29,32)/t26-/m0/s1. The average molecular weight is 481 g/mol. The largest absolute Gasteiger partial charge is 0.495 e. The predicted octanol–water partition coefficient (Wildman–Crippen LogP) is 5.66. The molecule has 1 saturated carbocycles. The molecule has 2 aromatic carbocycles. The maximum atomic E-state index is 15.1. The molecule has 3 aromatic rings. The number of para-hydroxylation sites is 2. The minimum absolute atomic E-state index is 0.0161. The molecule has 34 heavy (non-hydrogen) atoms. The molecule has 7 heteroatoms. The summed E-state index contributed by atoms with van der Waals surface area (Å²) in [6, 6.07) is 15.8. The van der Waals surface area contributed by atoms with E-state index in [0.717, 1.165) is 37.0 Å². The summed E-state index contributed by atoms with van der Waals surface area (Å²) in [6.07, 6.45) is 5.10. The van der Waals surface area contributed by atoms with Crippen molar-refractivity contribution in [2.75, 3.05) is 12.0 Å². The number of hydrogen-bond acceptors (Lipinski definition) is 4. The molecule has 1 aliphatic rings. The molecule has 1 N–H and O–H groups in total. The number of hydrogen-bond donors (Lipinski definition) is 1. The number of thiophene rings is 1. The number of nitrogens with one attached hydrogen (secondary N) is 1. The monoisotopic (exact) mass is 480 g/mol. The van der Waals surface area contributed by atoms with Crippen LogP contribution in [0.25, 0.3) is 0 Å². The first-order chi connectivity index (χ1) is 16.6. The van der Waals surface area contributed by atoms with Crippen LogP contribution >= 0.6 is 11.3 Å². The van der Waals surface area contributed by atoms with Gasteiger partial charge in [-0.2, -0.15) is 0 Å². The molecular formula is C27H29FN2O3S. The normalized spacial score (nSPS) is 14.9. The fourth-order valence-corrected chi connectivity index (χ4v) is 5.21. The van der Waals surface area contributed by atoms with Gasteiger partial charge >= 0.3 is 0 Å². The van der Waals surface area contributed by atoms with Crippen LogP contribution in [0.4, 0.5) is 10.1 Å². The molecule has 0 aliphatic heterocycles. The number of amides is 2.